The quantitative estimate of drug-likeness (QED) is 0.299. The van der Waals surface area contributed by atoms with Gasteiger partial charge in [0.25, 0.3) is 10.0 Å². The Morgan fingerprint density at radius 3 is 2.10 bits per heavy atom. The molecule has 0 bridgehead atoms. The molecule has 3 aromatic rings. The van der Waals surface area contributed by atoms with Crippen molar-refractivity contribution in [2.24, 2.45) is 0 Å². The summed E-state index contributed by atoms with van der Waals surface area (Å²) in [6, 6.07) is 15.9. The number of carbonyl (C=O) groups excluding carboxylic acids is 2. The maximum atomic E-state index is 14.1. The summed E-state index contributed by atoms with van der Waals surface area (Å²) in [4.78, 5) is 28.8. The Hall–Kier alpha value is -3.07. The van der Waals surface area contributed by atoms with E-state index in [2.05, 4.69) is 5.32 Å². The van der Waals surface area contributed by atoms with Crippen molar-refractivity contribution < 1.29 is 18.0 Å². The first-order valence-corrected chi connectivity index (χ1v) is 15.4. The topological polar surface area (TPSA) is 86.8 Å². The zero-order valence-corrected chi connectivity index (χ0v) is 26.8. The zero-order chi connectivity index (χ0) is 30.7. The Labute approximate surface area is 253 Å². The van der Waals surface area contributed by atoms with Crippen LogP contribution in [0.2, 0.25) is 10.0 Å². The van der Waals surface area contributed by atoms with Gasteiger partial charge in [-0.2, -0.15) is 0 Å². The van der Waals surface area contributed by atoms with Crippen LogP contribution in [0.1, 0.15) is 49.9 Å². The monoisotopic (exact) mass is 617 g/mol. The number of anilines is 1. The number of benzene rings is 3. The summed E-state index contributed by atoms with van der Waals surface area (Å²) in [5.74, 6) is -0.945. The molecule has 220 valence electrons. The normalized spacial score (nSPS) is 12.5. The molecule has 2 amide bonds. The minimum absolute atomic E-state index is 0.0290. The third kappa shape index (κ3) is 8.24. The van der Waals surface area contributed by atoms with E-state index in [9.17, 15) is 18.0 Å². The molecule has 0 heterocycles. The van der Waals surface area contributed by atoms with E-state index in [1.54, 1.807) is 50.2 Å². The van der Waals surface area contributed by atoms with Crippen LogP contribution in [0.15, 0.2) is 65.6 Å². The summed E-state index contributed by atoms with van der Waals surface area (Å²) in [5, 5.41) is 3.67. The zero-order valence-electron chi connectivity index (χ0n) is 24.5. The van der Waals surface area contributed by atoms with Gasteiger partial charge in [-0.05, 0) is 95.5 Å². The lowest BCUT2D eigenvalue weighted by Gasteiger charge is -2.34. The van der Waals surface area contributed by atoms with Gasteiger partial charge in [-0.1, -0.05) is 59.1 Å². The first-order chi connectivity index (χ1) is 19.0. The number of hydrogen-bond donors (Lipinski definition) is 1. The number of halogens is 2. The van der Waals surface area contributed by atoms with Gasteiger partial charge in [-0.25, -0.2) is 8.42 Å². The minimum Gasteiger partial charge on any atom is -0.350 e. The first kappa shape index (κ1) is 32.4. The predicted molar refractivity (Wildman–Crippen MR) is 166 cm³/mol. The first-order valence-electron chi connectivity index (χ1n) is 13.2. The fourth-order valence-electron chi connectivity index (χ4n) is 4.23. The Balaban J connectivity index is 2.10. The molecule has 0 aliphatic rings. The summed E-state index contributed by atoms with van der Waals surface area (Å²) in [5.41, 5.74) is 2.84. The highest BCUT2D eigenvalue weighted by Crippen LogP contribution is 2.29. The second-order valence-electron chi connectivity index (χ2n) is 11.3. The summed E-state index contributed by atoms with van der Waals surface area (Å²) < 4.78 is 29.2. The molecule has 0 saturated carbocycles. The van der Waals surface area contributed by atoms with Gasteiger partial charge in [-0.3, -0.25) is 13.9 Å². The largest absolute Gasteiger partial charge is 0.350 e. The highest BCUT2D eigenvalue weighted by atomic mass is 35.5. The molecule has 0 aliphatic carbocycles. The average Bonchev–Trinajstić information content (AvgIpc) is 2.87. The minimum atomic E-state index is -4.16. The lowest BCUT2D eigenvalue weighted by atomic mass is 10.1. The maximum absolute atomic E-state index is 14.1. The molecule has 7 nitrogen and oxygen atoms in total. The van der Waals surface area contributed by atoms with Gasteiger partial charge in [-0.15, -0.1) is 0 Å². The second-order valence-corrected chi connectivity index (χ2v) is 14.0. The van der Waals surface area contributed by atoms with Gasteiger partial charge in [0.1, 0.15) is 12.6 Å². The number of sulfonamides is 1. The number of nitrogens with one attached hydrogen (secondary N) is 1. The van der Waals surface area contributed by atoms with Gasteiger partial charge >= 0.3 is 0 Å². The van der Waals surface area contributed by atoms with Gasteiger partial charge < -0.3 is 10.2 Å². The van der Waals surface area contributed by atoms with Gasteiger partial charge in [0.2, 0.25) is 11.8 Å². The summed E-state index contributed by atoms with van der Waals surface area (Å²) in [6.07, 6.45) is 0. The van der Waals surface area contributed by atoms with Crippen LogP contribution >= 0.6 is 23.2 Å². The van der Waals surface area contributed by atoms with Crippen molar-refractivity contribution in [3.05, 3.63) is 93.0 Å². The predicted octanol–water partition coefficient (Wildman–Crippen LogP) is 6.45. The number of carbonyl (C=O) groups is 2. The number of rotatable bonds is 9. The van der Waals surface area contributed by atoms with Crippen LogP contribution in [0.4, 0.5) is 5.69 Å². The lowest BCUT2D eigenvalue weighted by Crippen LogP contribution is -2.54. The fourth-order valence-corrected chi connectivity index (χ4v) is 6.17. The number of hydrogen-bond acceptors (Lipinski definition) is 4. The molecule has 1 N–H and O–H groups in total. The molecule has 0 aromatic heterocycles. The van der Waals surface area contributed by atoms with E-state index < -0.39 is 34.1 Å². The van der Waals surface area contributed by atoms with E-state index in [0.717, 1.165) is 15.4 Å². The van der Waals surface area contributed by atoms with Crippen molar-refractivity contribution in [2.45, 2.75) is 71.5 Å². The van der Waals surface area contributed by atoms with Crippen LogP contribution in [0.25, 0.3) is 0 Å². The molecule has 3 rings (SSSR count). The Kier molecular flexibility index (Phi) is 10.2. The van der Waals surface area contributed by atoms with Crippen LogP contribution in [0, 0.1) is 20.8 Å². The standard InChI is InChI=1S/C31H37Cl2N3O4S/c1-20-9-14-26(15-10-20)41(39,40)36(28-16-21(2)8-11-22(28)3)19-29(37)35(23(4)30(38)34-31(5,6)7)18-24-12-13-25(32)17-27(24)33/h8-17,23H,18-19H2,1-7H3,(H,34,38)/t23-/m1/s1. The Morgan fingerprint density at radius 2 is 1.51 bits per heavy atom. The molecular weight excluding hydrogens is 581 g/mol. The molecule has 0 radical (unpaired) electrons. The third-order valence-electron chi connectivity index (χ3n) is 6.54. The highest BCUT2D eigenvalue weighted by molar-refractivity contribution is 7.92. The fraction of sp³-hybridized carbons (Fsp3) is 0.355. The van der Waals surface area contributed by atoms with Crippen molar-refractivity contribution in [3.63, 3.8) is 0 Å². The number of nitrogens with zero attached hydrogens (tertiary/aromatic N) is 2. The van der Waals surface area contributed by atoms with E-state index >= 15 is 0 Å². The molecule has 0 aliphatic heterocycles. The summed E-state index contributed by atoms with van der Waals surface area (Å²) in [7, 11) is -4.16. The van der Waals surface area contributed by atoms with Crippen LogP contribution in [-0.4, -0.2) is 43.3 Å². The van der Waals surface area contributed by atoms with E-state index in [4.69, 9.17) is 23.2 Å². The van der Waals surface area contributed by atoms with Crippen LogP contribution in [-0.2, 0) is 26.2 Å². The van der Waals surface area contributed by atoms with E-state index in [-0.39, 0.29) is 17.3 Å². The lowest BCUT2D eigenvalue weighted by molar-refractivity contribution is -0.140. The Morgan fingerprint density at radius 1 is 0.902 bits per heavy atom. The van der Waals surface area contributed by atoms with Crippen molar-refractivity contribution in [1.82, 2.24) is 10.2 Å². The summed E-state index contributed by atoms with van der Waals surface area (Å²) in [6.45, 7) is 12.1. The number of aryl methyl sites for hydroxylation is 3. The second kappa shape index (κ2) is 12.8. The molecule has 0 fully saturated rings. The van der Waals surface area contributed by atoms with Crippen molar-refractivity contribution in [2.75, 3.05) is 10.8 Å². The average molecular weight is 619 g/mol. The SMILES string of the molecule is Cc1ccc(S(=O)(=O)N(CC(=O)N(Cc2ccc(Cl)cc2Cl)[C@H](C)C(=O)NC(C)(C)C)c2cc(C)ccc2C)cc1. The van der Waals surface area contributed by atoms with E-state index in [1.165, 1.54) is 17.0 Å². The van der Waals surface area contributed by atoms with Crippen LogP contribution in [0.5, 0.6) is 0 Å². The molecule has 10 heteroatoms. The smallest absolute Gasteiger partial charge is 0.264 e. The molecule has 0 spiro atoms. The number of amides is 2. The van der Waals surface area contributed by atoms with Crippen LogP contribution < -0.4 is 9.62 Å². The van der Waals surface area contributed by atoms with Crippen molar-refractivity contribution in [3.8, 4) is 0 Å². The third-order valence-corrected chi connectivity index (χ3v) is 8.90. The van der Waals surface area contributed by atoms with Crippen LogP contribution in [0.3, 0.4) is 0 Å². The van der Waals surface area contributed by atoms with Crippen molar-refractivity contribution in [1.29, 1.82) is 0 Å². The van der Waals surface area contributed by atoms with E-state index in [0.29, 0.717) is 26.9 Å². The molecule has 0 unspecified atom stereocenters. The summed E-state index contributed by atoms with van der Waals surface area (Å²) >= 11 is 12.5. The maximum Gasteiger partial charge on any atom is 0.264 e. The van der Waals surface area contributed by atoms with Crippen molar-refractivity contribution >= 4 is 50.7 Å². The Bertz CT molecular complexity index is 1530. The molecule has 0 saturated heterocycles. The highest BCUT2D eigenvalue weighted by Gasteiger charge is 2.34. The van der Waals surface area contributed by atoms with E-state index in [1.807, 2.05) is 46.8 Å². The molecule has 1 atom stereocenters. The van der Waals surface area contributed by atoms with Gasteiger partial charge in [0.05, 0.1) is 10.6 Å². The molecule has 41 heavy (non-hydrogen) atoms. The van der Waals surface area contributed by atoms with Gasteiger partial charge in [0, 0.05) is 22.1 Å². The van der Waals surface area contributed by atoms with Gasteiger partial charge in [0.15, 0.2) is 0 Å². The molecular formula is C31H37Cl2N3O4S. The molecule has 3 aromatic carbocycles.